The van der Waals surface area contributed by atoms with E-state index < -0.39 is 0 Å². The van der Waals surface area contributed by atoms with Crippen LogP contribution in [-0.2, 0) is 6.42 Å². The molecule has 0 bridgehead atoms. The number of ether oxygens (including phenoxy) is 1. The minimum atomic E-state index is 0.373. The fourth-order valence-corrected chi connectivity index (χ4v) is 6.72. The van der Waals surface area contributed by atoms with Gasteiger partial charge in [-0.15, -0.1) is 0 Å². The Morgan fingerprint density at radius 1 is 1.05 bits per heavy atom. The van der Waals surface area contributed by atoms with Gasteiger partial charge in [-0.3, -0.25) is 9.97 Å². The van der Waals surface area contributed by atoms with Gasteiger partial charge >= 0.3 is 0 Å². The summed E-state index contributed by atoms with van der Waals surface area (Å²) >= 11 is 8.34. The molecule has 0 aliphatic carbocycles. The summed E-state index contributed by atoms with van der Waals surface area (Å²) in [5.41, 5.74) is 6.59. The number of halogens is 1. The van der Waals surface area contributed by atoms with Crippen LogP contribution in [0.3, 0.4) is 0 Å². The third-order valence-corrected chi connectivity index (χ3v) is 9.06. The highest BCUT2D eigenvalue weighted by Gasteiger charge is 2.24. The number of aryl methyl sites for hydroxylation is 1. The predicted molar refractivity (Wildman–Crippen MR) is 186 cm³/mol. The van der Waals surface area contributed by atoms with Crippen molar-refractivity contribution in [2.24, 2.45) is 0 Å². The largest absolute Gasteiger partial charge is 0.494 e. The summed E-state index contributed by atoms with van der Waals surface area (Å²) in [5, 5.41) is 7.60. The molecule has 0 spiro atoms. The first-order chi connectivity index (χ1) is 21.2. The van der Waals surface area contributed by atoms with Crippen LogP contribution < -0.4 is 24.6 Å². The minimum absolute atomic E-state index is 0.373. The number of hydrogen-bond donors (Lipinski definition) is 2. The number of methoxy groups -OCH3 is 1. The van der Waals surface area contributed by atoms with E-state index in [-0.39, 0.29) is 0 Å². The van der Waals surface area contributed by atoms with Gasteiger partial charge in [-0.05, 0) is 69.1 Å². The summed E-state index contributed by atoms with van der Waals surface area (Å²) in [6.45, 7) is 8.54. The Bertz CT molecular complexity index is 1590. The fraction of sp³-hybridized carbons (Fsp3) is 0.438. The SMILES string of the molecule is CCc1cc(Nc2ncc(Cl)c(Nc3ccc4nccnc4c3N(C)SC(C)C)n2)c(OC)cc1N1CCC(N(C)C)CC1. The second-order valence-corrected chi connectivity index (χ2v) is 13.5. The van der Waals surface area contributed by atoms with Gasteiger partial charge in [-0.25, -0.2) is 4.98 Å². The maximum atomic E-state index is 6.63. The zero-order valence-electron chi connectivity index (χ0n) is 26.6. The van der Waals surface area contributed by atoms with Crippen LogP contribution in [-0.4, -0.2) is 77.5 Å². The Morgan fingerprint density at radius 3 is 2.48 bits per heavy atom. The molecule has 1 aliphatic rings. The van der Waals surface area contributed by atoms with E-state index in [0.29, 0.717) is 28.1 Å². The van der Waals surface area contributed by atoms with Crippen molar-refractivity contribution in [1.29, 1.82) is 0 Å². The third-order valence-electron chi connectivity index (χ3n) is 7.86. The van der Waals surface area contributed by atoms with E-state index in [9.17, 15) is 0 Å². The van der Waals surface area contributed by atoms with Crippen LogP contribution in [0.15, 0.2) is 42.9 Å². The maximum Gasteiger partial charge on any atom is 0.229 e. The highest BCUT2D eigenvalue weighted by Crippen LogP contribution is 2.40. The monoisotopic (exact) mass is 635 g/mol. The molecule has 0 amide bonds. The van der Waals surface area contributed by atoms with Crippen LogP contribution in [0.4, 0.5) is 34.5 Å². The predicted octanol–water partition coefficient (Wildman–Crippen LogP) is 7.15. The Hall–Kier alpha value is -3.54. The molecule has 12 heteroatoms. The zero-order valence-corrected chi connectivity index (χ0v) is 28.1. The summed E-state index contributed by atoms with van der Waals surface area (Å²) in [5.74, 6) is 1.62. The minimum Gasteiger partial charge on any atom is -0.494 e. The first kappa shape index (κ1) is 31.9. The molecule has 2 aromatic heterocycles. The standard InChI is InChI=1S/C32H42ClN9OS/c1-8-21-17-26(28(43-7)18-27(21)42-15-11-22(12-16-42)40(4)5)38-32-36-19-23(33)31(39-32)37-25-10-9-24-29(35-14-13-34-24)30(25)41(6)44-20(2)3/h9-10,13-14,17-20,22H,8,11-12,15-16H2,1-7H3,(H2,36,37,38,39). The van der Waals surface area contributed by atoms with E-state index in [4.69, 9.17) is 21.3 Å². The molecule has 5 rings (SSSR count). The number of aromatic nitrogens is 4. The van der Waals surface area contributed by atoms with Gasteiger partial charge in [-0.2, -0.15) is 4.98 Å². The van der Waals surface area contributed by atoms with Crippen molar-refractivity contribution in [3.05, 3.63) is 53.4 Å². The lowest BCUT2D eigenvalue weighted by Gasteiger charge is -2.37. The third kappa shape index (κ3) is 7.06. The molecule has 1 aliphatic heterocycles. The lowest BCUT2D eigenvalue weighted by molar-refractivity contribution is 0.249. The van der Waals surface area contributed by atoms with E-state index in [1.54, 1.807) is 37.6 Å². The van der Waals surface area contributed by atoms with Crippen LogP contribution in [0, 0.1) is 0 Å². The molecule has 234 valence electrons. The van der Waals surface area contributed by atoms with E-state index in [1.807, 2.05) is 19.2 Å². The second-order valence-electron chi connectivity index (χ2n) is 11.4. The number of nitrogens with zero attached hydrogens (tertiary/aromatic N) is 7. The fourth-order valence-electron chi connectivity index (χ4n) is 5.65. The van der Waals surface area contributed by atoms with Crippen molar-refractivity contribution >= 4 is 69.1 Å². The first-order valence-electron chi connectivity index (χ1n) is 15.0. The molecule has 10 nitrogen and oxygen atoms in total. The molecular formula is C32H42ClN9OS. The Morgan fingerprint density at radius 2 is 1.80 bits per heavy atom. The summed E-state index contributed by atoms with van der Waals surface area (Å²) < 4.78 is 7.97. The van der Waals surface area contributed by atoms with E-state index >= 15 is 0 Å². The molecule has 2 N–H and O–H groups in total. The quantitative estimate of drug-likeness (QED) is 0.164. The Labute approximate surface area is 269 Å². The van der Waals surface area contributed by atoms with E-state index in [1.165, 1.54) is 11.3 Å². The molecule has 1 fully saturated rings. The van der Waals surface area contributed by atoms with Gasteiger partial charge in [0.15, 0.2) is 5.82 Å². The van der Waals surface area contributed by atoms with Crippen LogP contribution in [0.1, 0.15) is 39.2 Å². The summed E-state index contributed by atoms with van der Waals surface area (Å²) in [7, 11) is 8.06. The molecule has 3 heterocycles. The smallest absolute Gasteiger partial charge is 0.229 e. The Balaban J connectivity index is 1.43. The summed E-state index contributed by atoms with van der Waals surface area (Å²) in [6, 6.07) is 8.83. The summed E-state index contributed by atoms with van der Waals surface area (Å²) in [6.07, 6.45) is 8.19. The van der Waals surface area contributed by atoms with Crippen LogP contribution in [0.25, 0.3) is 11.0 Å². The lowest BCUT2D eigenvalue weighted by Crippen LogP contribution is -2.42. The topological polar surface area (TPSA) is 94.6 Å². The number of benzene rings is 2. The highest BCUT2D eigenvalue weighted by atomic mass is 35.5. The van der Waals surface area contributed by atoms with Gasteiger partial charge in [0.1, 0.15) is 16.3 Å². The zero-order chi connectivity index (χ0) is 31.4. The average Bonchev–Trinajstić information content (AvgIpc) is 3.01. The van der Waals surface area contributed by atoms with Gasteiger partial charge in [-0.1, -0.05) is 32.4 Å². The molecule has 0 atom stereocenters. The number of fused-ring (bicyclic) bond motifs is 1. The van der Waals surface area contributed by atoms with Crippen LogP contribution in [0.5, 0.6) is 5.75 Å². The maximum absolute atomic E-state index is 6.63. The lowest BCUT2D eigenvalue weighted by atomic mass is 10.0. The molecule has 44 heavy (non-hydrogen) atoms. The van der Waals surface area contributed by atoms with Crippen molar-refractivity contribution < 1.29 is 4.74 Å². The van der Waals surface area contributed by atoms with Gasteiger partial charge < -0.3 is 29.5 Å². The van der Waals surface area contributed by atoms with Crippen molar-refractivity contribution in [2.45, 2.75) is 51.3 Å². The van der Waals surface area contributed by atoms with Crippen molar-refractivity contribution in [2.75, 3.05) is 61.2 Å². The van der Waals surface area contributed by atoms with Crippen molar-refractivity contribution in [3.63, 3.8) is 0 Å². The van der Waals surface area contributed by atoms with Crippen molar-refractivity contribution in [1.82, 2.24) is 24.8 Å². The number of nitrogens with one attached hydrogen (secondary N) is 2. The molecular weight excluding hydrogens is 594 g/mol. The molecule has 1 saturated heterocycles. The van der Waals surface area contributed by atoms with Gasteiger partial charge in [0.05, 0.1) is 35.9 Å². The molecule has 2 aromatic carbocycles. The molecule has 0 radical (unpaired) electrons. The second kappa shape index (κ2) is 14.0. The molecule has 0 unspecified atom stereocenters. The summed E-state index contributed by atoms with van der Waals surface area (Å²) in [4.78, 5) is 23.2. The Kier molecular flexibility index (Phi) is 10.2. The number of piperidine rings is 1. The van der Waals surface area contributed by atoms with Crippen molar-refractivity contribution in [3.8, 4) is 5.75 Å². The van der Waals surface area contributed by atoms with Crippen LogP contribution in [0.2, 0.25) is 5.02 Å². The van der Waals surface area contributed by atoms with Gasteiger partial charge in [0.2, 0.25) is 5.95 Å². The van der Waals surface area contributed by atoms with E-state index in [0.717, 1.165) is 66.2 Å². The van der Waals surface area contributed by atoms with E-state index in [2.05, 4.69) is 86.7 Å². The van der Waals surface area contributed by atoms with Gasteiger partial charge in [0.25, 0.3) is 0 Å². The average molecular weight is 636 g/mol. The molecule has 0 saturated carbocycles. The first-order valence-corrected chi connectivity index (χ1v) is 16.2. The molecule has 4 aromatic rings. The number of hydrogen-bond acceptors (Lipinski definition) is 11. The van der Waals surface area contributed by atoms with Gasteiger partial charge in [0, 0.05) is 55.6 Å². The normalized spacial score (nSPS) is 14.0. The number of rotatable bonds is 11. The van der Waals surface area contributed by atoms with Crippen LogP contribution >= 0.6 is 23.5 Å². The number of anilines is 6. The highest BCUT2D eigenvalue weighted by molar-refractivity contribution is 8.01.